The minimum atomic E-state index is -0.438. The van der Waals surface area contributed by atoms with Gasteiger partial charge in [0, 0.05) is 31.6 Å². The van der Waals surface area contributed by atoms with E-state index in [4.69, 9.17) is 0 Å². The quantitative estimate of drug-likeness (QED) is 0.526. The molecule has 2 atom stereocenters. The predicted molar refractivity (Wildman–Crippen MR) is 101 cm³/mol. The predicted octanol–water partition coefficient (Wildman–Crippen LogP) is 2.51. The van der Waals surface area contributed by atoms with Crippen LogP contribution < -0.4 is 16.0 Å². The Labute approximate surface area is 159 Å². The summed E-state index contributed by atoms with van der Waals surface area (Å²) in [6, 6.07) is 4.06. The van der Waals surface area contributed by atoms with Crippen LogP contribution in [0.3, 0.4) is 0 Å². The Kier molecular flexibility index (Phi) is 6.63. The molecule has 1 aromatic carbocycles. The van der Waals surface area contributed by atoms with E-state index in [0.717, 1.165) is 50.7 Å². The fourth-order valence-electron chi connectivity index (χ4n) is 3.54. The molecule has 2 unspecified atom stereocenters. The van der Waals surface area contributed by atoms with Gasteiger partial charge >= 0.3 is 0 Å². The van der Waals surface area contributed by atoms with Gasteiger partial charge in [0.2, 0.25) is 5.91 Å². The van der Waals surface area contributed by atoms with E-state index in [9.17, 15) is 13.6 Å². The van der Waals surface area contributed by atoms with Crippen molar-refractivity contribution in [2.24, 2.45) is 10.9 Å². The molecule has 5 nitrogen and oxygen atoms in total. The molecule has 2 fully saturated rings. The second kappa shape index (κ2) is 9.15. The Balaban J connectivity index is 1.45. The maximum Gasteiger partial charge on any atom is 0.223 e. The van der Waals surface area contributed by atoms with Gasteiger partial charge in [0.1, 0.15) is 11.6 Å². The lowest BCUT2D eigenvalue weighted by Gasteiger charge is -2.30. The van der Waals surface area contributed by atoms with Crippen molar-refractivity contribution in [3.8, 4) is 0 Å². The Morgan fingerprint density at radius 3 is 2.70 bits per heavy atom. The number of benzene rings is 1. The van der Waals surface area contributed by atoms with Crippen molar-refractivity contribution in [1.82, 2.24) is 16.0 Å². The average Bonchev–Trinajstić information content (AvgIpc) is 3.48. The van der Waals surface area contributed by atoms with Gasteiger partial charge in [-0.25, -0.2) is 8.78 Å². The normalized spacial score (nSPS) is 23.0. The van der Waals surface area contributed by atoms with Crippen LogP contribution in [0.25, 0.3) is 0 Å². The van der Waals surface area contributed by atoms with Gasteiger partial charge in [0.15, 0.2) is 5.96 Å². The van der Waals surface area contributed by atoms with Crippen molar-refractivity contribution < 1.29 is 13.6 Å². The fourth-order valence-corrected chi connectivity index (χ4v) is 3.54. The largest absolute Gasteiger partial charge is 0.356 e. The fraction of sp³-hybridized carbons (Fsp3) is 0.600. The third-order valence-corrected chi connectivity index (χ3v) is 5.23. The van der Waals surface area contributed by atoms with Crippen LogP contribution in [-0.4, -0.2) is 37.5 Å². The molecule has 0 aliphatic heterocycles. The van der Waals surface area contributed by atoms with Crippen molar-refractivity contribution in [3.63, 3.8) is 0 Å². The highest BCUT2D eigenvalue weighted by molar-refractivity contribution is 5.81. The number of carbonyl (C=O) groups excluding carboxylic acids is 1. The molecular formula is C20H28F2N4O. The zero-order chi connectivity index (χ0) is 19.2. The van der Waals surface area contributed by atoms with Crippen molar-refractivity contribution in [1.29, 1.82) is 0 Å². The van der Waals surface area contributed by atoms with Crippen LogP contribution >= 0.6 is 0 Å². The smallest absolute Gasteiger partial charge is 0.223 e. The molecule has 7 heteroatoms. The summed E-state index contributed by atoms with van der Waals surface area (Å²) < 4.78 is 26.9. The molecule has 3 N–H and O–H groups in total. The Morgan fingerprint density at radius 2 is 1.96 bits per heavy atom. The van der Waals surface area contributed by atoms with Gasteiger partial charge in [0.25, 0.3) is 0 Å². The molecule has 0 saturated heterocycles. The van der Waals surface area contributed by atoms with Crippen LogP contribution in [0.2, 0.25) is 0 Å². The highest BCUT2D eigenvalue weighted by Gasteiger charge is 2.31. The molecule has 0 radical (unpaired) electrons. The van der Waals surface area contributed by atoms with Gasteiger partial charge in [-0.2, -0.15) is 0 Å². The van der Waals surface area contributed by atoms with Gasteiger partial charge in [-0.1, -0.05) is 6.42 Å². The summed E-state index contributed by atoms with van der Waals surface area (Å²) in [6.45, 7) is 0.443. The zero-order valence-electron chi connectivity index (χ0n) is 15.7. The summed E-state index contributed by atoms with van der Waals surface area (Å²) in [6.07, 6.45) is 6.28. The van der Waals surface area contributed by atoms with Gasteiger partial charge in [0.05, 0.1) is 0 Å². The van der Waals surface area contributed by atoms with Crippen LogP contribution in [0.15, 0.2) is 23.2 Å². The van der Waals surface area contributed by atoms with Crippen LogP contribution in [-0.2, 0) is 11.2 Å². The standard InChI is InChI=1S/C20H28F2N4O/c1-23-20(24-10-9-13-11-15(21)5-8-18(13)22)26-17-4-2-3-14(12-17)19(27)25-16-6-7-16/h5,8,11,14,16-17H,2-4,6-7,9-10,12H2,1H3,(H,25,27)(H2,23,24,26). The summed E-state index contributed by atoms with van der Waals surface area (Å²) in [5.74, 6) is 0.00880. The first kappa shape index (κ1) is 19.6. The Morgan fingerprint density at radius 1 is 1.15 bits per heavy atom. The van der Waals surface area contributed by atoms with Crippen molar-refractivity contribution in [2.75, 3.05) is 13.6 Å². The average molecular weight is 378 g/mol. The summed E-state index contributed by atoms with van der Waals surface area (Å²) in [4.78, 5) is 16.5. The molecule has 1 aromatic rings. The van der Waals surface area contributed by atoms with Gasteiger partial charge in [-0.15, -0.1) is 0 Å². The topological polar surface area (TPSA) is 65.5 Å². The number of aliphatic imine (C=N–C) groups is 1. The van der Waals surface area contributed by atoms with E-state index in [1.165, 1.54) is 6.07 Å². The van der Waals surface area contributed by atoms with Gasteiger partial charge in [-0.05, 0) is 62.3 Å². The maximum atomic E-state index is 13.7. The molecule has 27 heavy (non-hydrogen) atoms. The van der Waals surface area contributed by atoms with E-state index in [1.54, 1.807) is 7.05 Å². The van der Waals surface area contributed by atoms with Crippen LogP contribution in [0, 0.1) is 17.6 Å². The first-order chi connectivity index (χ1) is 13.0. The monoisotopic (exact) mass is 378 g/mol. The van der Waals surface area contributed by atoms with Crippen molar-refractivity contribution >= 4 is 11.9 Å². The van der Waals surface area contributed by atoms with E-state index in [-0.39, 0.29) is 17.9 Å². The number of guanidine groups is 1. The van der Waals surface area contributed by atoms with Gasteiger partial charge < -0.3 is 16.0 Å². The first-order valence-corrected chi connectivity index (χ1v) is 9.76. The minimum Gasteiger partial charge on any atom is -0.356 e. The molecule has 1 amide bonds. The first-order valence-electron chi connectivity index (χ1n) is 9.76. The number of nitrogens with one attached hydrogen (secondary N) is 3. The lowest BCUT2D eigenvalue weighted by molar-refractivity contribution is -0.126. The van der Waals surface area contributed by atoms with E-state index in [1.807, 2.05) is 0 Å². The summed E-state index contributed by atoms with van der Waals surface area (Å²) in [7, 11) is 1.68. The number of carbonyl (C=O) groups is 1. The Hall–Kier alpha value is -2.18. The molecule has 0 bridgehead atoms. The number of rotatable bonds is 6. The lowest BCUT2D eigenvalue weighted by atomic mass is 9.85. The molecular weight excluding hydrogens is 350 g/mol. The number of amides is 1. The molecule has 0 spiro atoms. The summed E-state index contributed by atoms with van der Waals surface area (Å²) in [5.41, 5.74) is 0.340. The SMILES string of the molecule is CN=C(NCCc1cc(F)ccc1F)NC1CCCC(C(=O)NC2CC2)C1. The molecule has 3 rings (SSSR count). The highest BCUT2D eigenvalue weighted by Crippen LogP contribution is 2.26. The van der Waals surface area contributed by atoms with E-state index >= 15 is 0 Å². The second-order valence-electron chi connectivity index (χ2n) is 7.47. The van der Waals surface area contributed by atoms with Gasteiger partial charge in [-0.3, -0.25) is 9.79 Å². The lowest BCUT2D eigenvalue weighted by Crippen LogP contribution is -2.47. The van der Waals surface area contributed by atoms with E-state index < -0.39 is 11.6 Å². The number of hydrogen-bond acceptors (Lipinski definition) is 2. The van der Waals surface area contributed by atoms with Crippen LogP contribution in [0.4, 0.5) is 8.78 Å². The second-order valence-corrected chi connectivity index (χ2v) is 7.47. The van der Waals surface area contributed by atoms with Crippen molar-refractivity contribution in [2.45, 2.75) is 57.0 Å². The molecule has 2 aliphatic rings. The molecule has 2 aliphatic carbocycles. The number of nitrogens with zero attached hydrogens (tertiary/aromatic N) is 1. The van der Waals surface area contributed by atoms with E-state index in [2.05, 4.69) is 20.9 Å². The third kappa shape index (κ3) is 5.91. The zero-order valence-corrected chi connectivity index (χ0v) is 15.7. The summed E-state index contributed by atoms with van der Waals surface area (Å²) >= 11 is 0. The minimum absolute atomic E-state index is 0.0522. The molecule has 148 valence electrons. The molecule has 0 aromatic heterocycles. The molecule has 0 heterocycles. The van der Waals surface area contributed by atoms with Crippen molar-refractivity contribution in [3.05, 3.63) is 35.4 Å². The number of halogens is 2. The van der Waals surface area contributed by atoms with Crippen LogP contribution in [0.5, 0.6) is 0 Å². The molecule has 2 saturated carbocycles. The maximum absolute atomic E-state index is 13.7. The summed E-state index contributed by atoms with van der Waals surface area (Å²) in [5, 5.41) is 9.61. The number of hydrogen-bond donors (Lipinski definition) is 3. The highest BCUT2D eigenvalue weighted by atomic mass is 19.1. The third-order valence-electron chi connectivity index (χ3n) is 5.23. The van der Waals surface area contributed by atoms with Crippen LogP contribution in [0.1, 0.15) is 44.1 Å². The van der Waals surface area contributed by atoms with E-state index in [0.29, 0.717) is 30.5 Å². The Bertz CT molecular complexity index is 691.